The first-order chi connectivity index (χ1) is 12.8. The third-order valence-electron chi connectivity index (χ3n) is 5.05. The number of sulfonamides is 1. The molecule has 0 bridgehead atoms. The van der Waals surface area contributed by atoms with Crippen molar-refractivity contribution in [3.63, 3.8) is 0 Å². The summed E-state index contributed by atoms with van der Waals surface area (Å²) in [5.41, 5.74) is 0.525. The van der Waals surface area contributed by atoms with Gasteiger partial charge < -0.3 is 9.88 Å². The second kappa shape index (κ2) is 6.72. The molecule has 9 heteroatoms. The minimum Gasteiger partial charge on any atom is -0.356 e. The predicted molar refractivity (Wildman–Crippen MR) is 93.8 cm³/mol. The van der Waals surface area contributed by atoms with Crippen molar-refractivity contribution in [1.29, 1.82) is 0 Å². The van der Waals surface area contributed by atoms with Gasteiger partial charge in [0.05, 0.1) is 0 Å². The quantitative estimate of drug-likeness (QED) is 0.815. The van der Waals surface area contributed by atoms with E-state index in [2.05, 4.69) is 9.71 Å². The third kappa shape index (κ3) is 3.61. The van der Waals surface area contributed by atoms with Crippen LogP contribution in [0.4, 0.5) is 8.78 Å². The fraction of sp³-hybridized carbons (Fsp3) is 0.389. The van der Waals surface area contributed by atoms with Gasteiger partial charge in [-0.05, 0) is 37.0 Å². The number of aromatic amines is 1. The Morgan fingerprint density at radius 2 is 1.93 bits per heavy atom. The zero-order valence-corrected chi connectivity index (χ0v) is 15.2. The monoisotopic (exact) mass is 395 g/mol. The molecule has 2 atom stereocenters. The molecule has 2 aromatic rings. The topological polar surface area (TPSA) is 82.3 Å². The highest BCUT2D eigenvalue weighted by molar-refractivity contribution is 7.89. The Balaban J connectivity index is 1.44. The lowest BCUT2D eigenvalue weighted by Gasteiger charge is -2.13. The van der Waals surface area contributed by atoms with E-state index in [1.807, 2.05) is 0 Å². The van der Waals surface area contributed by atoms with Crippen LogP contribution in [0.15, 0.2) is 35.4 Å². The maximum Gasteiger partial charge on any atom is 0.270 e. The molecule has 1 aliphatic heterocycles. The zero-order chi connectivity index (χ0) is 19.2. The van der Waals surface area contributed by atoms with Crippen LogP contribution in [0.3, 0.4) is 0 Å². The summed E-state index contributed by atoms with van der Waals surface area (Å²) in [5, 5.41) is 0. The lowest BCUT2D eigenvalue weighted by molar-refractivity contribution is 0.0787. The summed E-state index contributed by atoms with van der Waals surface area (Å²) in [4.78, 5) is 16.7. The van der Waals surface area contributed by atoms with Crippen molar-refractivity contribution in [2.24, 2.45) is 0 Å². The van der Waals surface area contributed by atoms with E-state index in [0.29, 0.717) is 25.1 Å². The van der Waals surface area contributed by atoms with E-state index < -0.39 is 27.7 Å². The van der Waals surface area contributed by atoms with Crippen LogP contribution in [0.5, 0.6) is 0 Å². The molecule has 2 unspecified atom stereocenters. The molecule has 1 amide bonds. The Hall–Kier alpha value is -2.26. The van der Waals surface area contributed by atoms with Gasteiger partial charge in [0, 0.05) is 37.3 Å². The van der Waals surface area contributed by atoms with Crippen molar-refractivity contribution in [1.82, 2.24) is 14.6 Å². The number of carbonyl (C=O) groups excluding carboxylic acids is 1. The van der Waals surface area contributed by atoms with Crippen molar-refractivity contribution in [3.8, 4) is 0 Å². The van der Waals surface area contributed by atoms with E-state index in [9.17, 15) is 22.0 Å². The van der Waals surface area contributed by atoms with Crippen LogP contribution in [0.2, 0.25) is 0 Å². The summed E-state index contributed by atoms with van der Waals surface area (Å²) in [5.74, 6) is -1.89. The predicted octanol–water partition coefficient (Wildman–Crippen LogP) is 2.36. The number of nitrogens with one attached hydrogen (secondary N) is 2. The first-order valence-electron chi connectivity index (χ1n) is 8.80. The van der Waals surface area contributed by atoms with Gasteiger partial charge in [-0.3, -0.25) is 4.79 Å². The molecule has 4 rings (SSSR count). The van der Waals surface area contributed by atoms with E-state index >= 15 is 0 Å². The minimum absolute atomic E-state index is 0.0322. The number of benzene rings is 1. The molecule has 2 aliphatic rings. The van der Waals surface area contributed by atoms with Gasteiger partial charge in [0.1, 0.15) is 22.2 Å². The van der Waals surface area contributed by atoms with Gasteiger partial charge in [0.25, 0.3) is 5.91 Å². The molecule has 27 heavy (non-hydrogen) atoms. The van der Waals surface area contributed by atoms with E-state index in [4.69, 9.17) is 0 Å². The largest absolute Gasteiger partial charge is 0.356 e. The Morgan fingerprint density at radius 3 is 2.63 bits per heavy atom. The average molecular weight is 395 g/mol. The number of hydrogen-bond acceptors (Lipinski definition) is 3. The molecule has 2 fully saturated rings. The number of likely N-dealkylation sites (tertiary alicyclic amines) is 1. The molecule has 2 N–H and O–H groups in total. The van der Waals surface area contributed by atoms with Crippen molar-refractivity contribution in [2.45, 2.75) is 36.1 Å². The number of amides is 1. The summed E-state index contributed by atoms with van der Waals surface area (Å²) in [7, 11) is -3.84. The second-order valence-corrected chi connectivity index (χ2v) is 8.70. The molecule has 0 radical (unpaired) electrons. The summed E-state index contributed by atoms with van der Waals surface area (Å²) in [6.45, 7) is 1.34. The number of nitrogens with zero attached hydrogens (tertiary/aromatic N) is 1. The normalized spacial score (nSPS) is 22.2. The van der Waals surface area contributed by atoms with Crippen LogP contribution >= 0.6 is 0 Å². The Morgan fingerprint density at radius 1 is 1.19 bits per heavy atom. The van der Waals surface area contributed by atoms with Crippen molar-refractivity contribution >= 4 is 15.9 Å². The van der Waals surface area contributed by atoms with Gasteiger partial charge in [-0.25, -0.2) is 21.9 Å². The van der Waals surface area contributed by atoms with Gasteiger partial charge in [-0.2, -0.15) is 0 Å². The van der Waals surface area contributed by atoms with Crippen molar-refractivity contribution in [3.05, 3.63) is 53.4 Å². The minimum atomic E-state index is -3.84. The van der Waals surface area contributed by atoms with Gasteiger partial charge in [0.2, 0.25) is 10.0 Å². The third-order valence-corrected chi connectivity index (χ3v) is 6.52. The van der Waals surface area contributed by atoms with Crippen LogP contribution in [0, 0.1) is 11.6 Å². The van der Waals surface area contributed by atoms with Crippen LogP contribution in [-0.4, -0.2) is 43.3 Å². The molecule has 1 aromatic heterocycles. The maximum absolute atomic E-state index is 13.8. The first kappa shape index (κ1) is 18.1. The molecule has 6 nitrogen and oxygen atoms in total. The number of carbonyl (C=O) groups is 1. The van der Waals surface area contributed by atoms with Crippen LogP contribution < -0.4 is 4.72 Å². The van der Waals surface area contributed by atoms with E-state index in [1.54, 1.807) is 4.90 Å². The Labute approximate surface area is 155 Å². The van der Waals surface area contributed by atoms with Gasteiger partial charge in [0.15, 0.2) is 0 Å². The summed E-state index contributed by atoms with van der Waals surface area (Å²) in [6.07, 6.45) is 3.61. The molecule has 144 valence electrons. The molecule has 0 spiro atoms. The van der Waals surface area contributed by atoms with E-state index in [1.165, 1.54) is 18.3 Å². The zero-order valence-electron chi connectivity index (χ0n) is 14.4. The highest BCUT2D eigenvalue weighted by Gasteiger charge is 2.43. The Kier molecular flexibility index (Phi) is 4.51. The van der Waals surface area contributed by atoms with Crippen molar-refractivity contribution < 1.29 is 22.0 Å². The molecule has 1 aliphatic carbocycles. The maximum atomic E-state index is 13.8. The highest BCUT2D eigenvalue weighted by atomic mass is 32.2. The molecular formula is C18H19F2N3O3S. The smallest absolute Gasteiger partial charge is 0.270 e. The molecular weight excluding hydrogens is 376 g/mol. The number of hydrogen-bond donors (Lipinski definition) is 2. The summed E-state index contributed by atoms with van der Waals surface area (Å²) >= 11 is 0. The van der Waals surface area contributed by atoms with E-state index in [-0.39, 0.29) is 22.4 Å². The second-order valence-electron chi connectivity index (χ2n) is 6.98. The molecule has 1 saturated heterocycles. The van der Waals surface area contributed by atoms with Gasteiger partial charge in [-0.15, -0.1) is 0 Å². The molecule has 2 heterocycles. The number of rotatable bonds is 5. The fourth-order valence-corrected chi connectivity index (χ4v) is 4.76. The molecule has 1 aromatic carbocycles. The van der Waals surface area contributed by atoms with Crippen LogP contribution in [-0.2, 0) is 10.0 Å². The Bertz CT molecular complexity index is 983. The highest BCUT2D eigenvalue weighted by Crippen LogP contribution is 2.42. The lowest BCUT2D eigenvalue weighted by Crippen LogP contribution is -2.28. The van der Waals surface area contributed by atoms with Crippen LogP contribution in [0.25, 0.3) is 0 Å². The van der Waals surface area contributed by atoms with E-state index in [0.717, 1.165) is 25.0 Å². The average Bonchev–Trinajstić information content (AvgIpc) is 3.08. The SMILES string of the molecule is O=C(c1cc(S(=O)(=O)NC2CC2c2ccc(F)cc2F)c[nH]1)N1CCCC1. The lowest BCUT2D eigenvalue weighted by atomic mass is 10.1. The standard InChI is InChI=1S/C18H19F2N3O3S/c19-11-3-4-13(15(20)7-11)14-9-16(14)22-27(25,26)12-8-17(21-10-12)18(24)23-5-1-2-6-23/h3-4,7-8,10,14,16,21-22H,1-2,5-6,9H2. The van der Waals surface area contributed by atoms with Gasteiger partial charge in [-0.1, -0.05) is 6.07 Å². The number of aromatic nitrogens is 1. The number of H-pyrrole nitrogens is 1. The summed E-state index contributed by atoms with van der Waals surface area (Å²) in [6, 6.07) is 4.15. The fourth-order valence-electron chi connectivity index (χ4n) is 3.48. The summed E-state index contributed by atoms with van der Waals surface area (Å²) < 4.78 is 54.5. The first-order valence-corrected chi connectivity index (χ1v) is 10.3. The van der Waals surface area contributed by atoms with Crippen molar-refractivity contribution in [2.75, 3.05) is 13.1 Å². The number of halogens is 2. The molecule has 1 saturated carbocycles. The van der Waals surface area contributed by atoms with Crippen LogP contribution in [0.1, 0.15) is 41.2 Å². The van der Waals surface area contributed by atoms with Gasteiger partial charge >= 0.3 is 0 Å².